The Labute approximate surface area is 109 Å². The van der Waals surface area contributed by atoms with Crippen LogP contribution in [0.4, 0.5) is 0 Å². The van der Waals surface area contributed by atoms with Crippen LogP contribution in [0.5, 0.6) is 0 Å². The second-order valence-electron chi connectivity index (χ2n) is 3.80. The fraction of sp³-hybridized carbons (Fsp3) is 0.250. The van der Waals surface area contributed by atoms with Crippen molar-refractivity contribution in [1.82, 2.24) is 15.3 Å². The Balaban J connectivity index is 2.01. The van der Waals surface area contributed by atoms with Crippen LogP contribution in [0.1, 0.15) is 12.6 Å². The molecule has 2 aromatic heterocycles. The first-order valence-corrected chi connectivity index (χ1v) is 6.37. The van der Waals surface area contributed by atoms with E-state index < -0.39 is 12.0 Å². The van der Waals surface area contributed by atoms with Gasteiger partial charge >= 0.3 is 5.97 Å². The topological polar surface area (TPSA) is 75.1 Å². The van der Waals surface area contributed by atoms with E-state index in [1.807, 2.05) is 23.6 Å². The van der Waals surface area contributed by atoms with Gasteiger partial charge in [0, 0.05) is 18.1 Å². The van der Waals surface area contributed by atoms with Gasteiger partial charge in [0.2, 0.25) is 0 Å². The Morgan fingerprint density at radius 3 is 3.06 bits per heavy atom. The highest BCUT2D eigenvalue weighted by Gasteiger charge is 2.11. The molecule has 0 saturated carbocycles. The van der Waals surface area contributed by atoms with E-state index in [9.17, 15) is 4.79 Å². The third-order valence-corrected chi connectivity index (χ3v) is 3.31. The standard InChI is InChI=1S/C12H13N3O2S/c1-8(12(16)17)14-6-9-7-18-11(15-9)10-4-2-3-5-13-10/h2-5,7-8,14H,6H2,1H3,(H,16,17)/t8-/m1/s1. The molecule has 0 radical (unpaired) electrons. The number of rotatable bonds is 5. The van der Waals surface area contributed by atoms with Gasteiger partial charge in [0.05, 0.1) is 11.4 Å². The maximum absolute atomic E-state index is 10.7. The molecule has 0 bridgehead atoms. The normalized spacial score (nSPS) is 12.3. The molecule has 0 amide bonds. The zero-order valence-corrected chi connectivity index (χ0v) is 10.6. The maximum atomic E-state index is 10.7. The number of pyridine rings is 1. The number of carboxylic acid groups (broad SMARTS) is 1. The minimum Gasteiger partial charge on any atom is -0.480 e. The first kappa shape index (κ1) is 12.7. The fourth-order valence-electron chi connectivity index (χ4n) is 1.34. The van der Waals surface area contributed by atoms with Crippen molar-refractivity contribution in [1.29, 1.82) is 0 Å². The number of nitrogens with one attached hydrogen (secondary N) is 1. The quantitative estimate of drug-likeness (QED) is 0.860. The Bertz CT molecular complexity index is 527. The van der Waals surface area contributed by atoms with E-state index in [0.717, 1.165) is 16.4 Å². The van der Waals surface area contributed by atoms with Gasteiger partial charge < -0.3 is 5.11 Å². The van der Waals surface area contributed by atoms with E-state index in [1.54, 1.807) is 13.1 Å². The molecule has 0 unspecified atom stereocenters. The minimum atomic E-state index is -0.866. The monoisotopic (exact) mass is 263 g/mol. The van der Waals surface area contributed by atoms with Crippen LogP contribution in [0.3, 0.4) is 0 Å². The highest BCUT2D eigenvalue weighted by Crippen LogP contribution is 2.21. The summed E-state index contributed by atoms with van der Waals surface area (Å²) in [7, 11) is 0. The molecule has 0 aliphatic carbocycles. The van der Waals surface area contributed by atoms with Crippen LogP contribution < -0.4 is 5.32 Å². The van der Waals surface area contributed by atoms with E-state index >= 15 is 0 Å². The van der Waals surface area contributed by atoms with Crippen LogP contribution in [0, 0.1) is 0 Å². The number of carbonyl (C=O) groups is 1. The Morgan fingerprint density at radius 2 is 2.39 bits per heavy atom. The van der Waals surface area contributed by atoms with Gasteiger partial charge in [0.1, 0.15) is 11.0 Å². The van der Waals surface area contributed by atoms with Gasteiger partial charge in [-0.05, 0) is 19.1 Å². The smallest absolute Gasteiger partial charge is 0.320 e. The number of carboxylic acids is 1. The number of nitrogens with zero attached hydrogens (tertiary/aromatic N) is 2. The van der Waals surface area contributed by atoms with Crippen LogP contribution in [0.25, 0.3) is 10.7 Å². The molecule has 0 fully saturated rings. The summed E-state index contributed by atoms with van der Waals surface area (Å²) >= 11 is 1.50. The predicted molar refractivity (Wildman–Crippen MR) is 69.3 cm³/mol. The average molecular weight is 263 g/mol. The molecule has 0 aliphatic rings. The second kappa shape index (κ2) is 5.70. The molecule has 0 aliphatic heterocycles. The molecular formula is C12H13N3O2S. The van der Waals surface area contributed by atoms with Crippen LogP contribution in [0.2, 0.25) is 0 Å². The van der Waals surface area contributed by atoms with Crippen molar-refractivity contribution in [3.63, 3.8) is 0 Å². The lowest BCUT2D eigenvalue weighted by Crippen LogP contribution is -2.33. The Hall–Kier alpha value is -1.79. The number of hydrogen-bond acceptors (Lipinski definition) is 5. The van der Waals surface area contributed by atoms with Gasteiger partial charge in [0.15, 0.2) is 0 Å². The molecule has 2 rings (SSSR count). The molecule has 18 heavy (non-hydrogen) atoms. The summed E-state index contributed by atoms with van der Waals surface area (Å²) in [4.78, 5) is 19.3. The van der Waals surface area contributed by atoms with Crippen molar-refractivity contribution in [2.24, 2.45) is 0 Å². The summed E-state index contributed by atoms with van der Waals surface area (Å²) in [5.41, 5.74) is 1.66. The van der Waals surface area contributed by atoms with E-state index in [0.29, 0.717) is 6.54 Å². The zero-order chi connectivity index (χ0) is 13.0. The van der Waals surface area contributed by atoms with Gasteiger partial charge in [-0.2, -0.15) is 0 Å². The van der Waals surface area contributed by atoms with E-state index in [1.165, 1.54) is 11.3 Å². The van der Waals surface area contributed by atoms with Gasteiger partial charge in [-0.15, -0.1) is 11.3 Å². The third-order valence-electron chi connectivity index (χ3n) is 2.40. The summed E-state index contributed by atoms with van der Waals surface area (Å²) in [5.74, 6) is -0.866. The van der Waals surface area contributed by atoms with Crippen molar-refractivity contribution in [2.45, 2.75) is 19.5 Å². The van der Waals surface area contributed by atoms with Gasteiger partial charge in [-0.1, -0.05) is 6.07 Å². The number of thiazole rings is 1. The molecule has 94 valence electrons. The van der Waals surface area contributed by atoms with Crippen molar-refractivity contribution in [3.05, 3.63) is 35.5 Å². The van der Waals surface area contributed by atoms with Crippen molar-refractivity contribution in [2.75, 3.05) is 0 Å². The summed E-state index contributed by atoms with van der Waals surface area (Å²) in [6.07, 6.45) is 1.72. The SMILES string of the molecule is C[C@@H](NCc1csc(-c2ccccn2)n1)C(=O)O. The van der Waals surface area contributed by atoms with Gasteiger partial charge in [-0.25, -0.2) is 4.98 Å². The number of aromatic nitrogens is 2. The lowest BCUT2D eigenvalue weighted by atomic mass is 10.3. The van der Waals surface area contributed by atoms with Crippen LogP contribution in [-0.2, 0) is 11.3 Å². The molecule has 0 aromatic carbocycles. The maximum Gasteiger partial charge on any atom is 0.320 e. The van der Waals surface area contributed by atoms with Crippen molar-refractivity contribution in [3.8, 4) is 10.7 Å². The Morgan fingerprint density at radius 1 is 1.56 bits per heavy atom. The molecule has 5 nitrogen and oxygen atoms in total. The molecule has 2 N–H and O–H groups in total. The third kappa shape index (κ3) is 3.12. The van der Waals surface area contributed by atoms with Crippen molar-refractivity contribution >= 4 is 17.3 Å². The zero-order valence-electron chi connectivity index (χ0n) is 9.83. The summed E-state index contributed by atoms with van der Waals surface area (Å²) in [6.45, 7) is 2.05. The van der Waals surface area contributed by atoms with Crippen LogP contribution >= 0.6 is 11.3 Å². The second-order valence-corrected chi connectivity index (χ2v) is 4.66. The highest BCUT2D eigenvalue weighted by atomic mass is 32.1. The molecule has 1 atom stereocenters. The molecule has 6 heteroatoms. The van der Waals surface area contributed by atoms with Crippen LogP contribution in [0.15, 0.2) is 29.8 Å². The lowest BCUT2D eigenvalue weighted by molar-refractivity contribution is -0.139. The number of aliphatic carboxylic acids is 1. The van der Waals surface area contributed by atoms with Gasteiger partial charge in [0.25, 0.3) is 0 Å². The minimum absolute atomic E-state index is 0.441. The van der Waals surface area contributed by atoms with Crippen LogP contribution in [-0.4, -0.2) is 27.1 Å². The highest BCUT2D eigenvalue weighted by molar-refractivity contribution is 7.13. The molecule has 0 spiro atoms. The predicted octanol–water partition coefficient (Wildman–Crippen LogP) is 1.77. The first-order valence-electron chi connectivity index (χ1n) is 5.49. The number of hydrogen-bond donors (Lipinski definition) is 2. The van der Waals surface area contributed by atoms with Crippen molar-refractivity contribution < 1.29 is 9.90 Å². The average Bonchev–Trinajstić information content (AvgIpc) is 2.85. The molecule has 0 saturated heterocycles. The molecule has 2 aromatic rings. The fourth-order valence-corrected chi connectivity index (χ4v) is 2.14. The van der Waals surface area contributed by atoms with E-state index in [4.69, 9.17) is 5.11 Å². The summed E-state index contributed by atoms with van der Waals surface area (Å²) in [6, 6.07) is 5.09. The van der Waals surface area contributed by atoms with E-state index in [-0.39, 0.29) is 0 Å². The Kier molecular flexibility index (Phi) is 4.01. The summed E-state index contributed by atoms with van der Waals surface area (Å²) < 4.78 is 0. The van der Waals surface area contributed by atoms with E-state index in [2.05, 4.69) is 15.3 Å². The lowest BCUT2D eigenvalue weighted by Gasteiger charge is -2.06. The molecule has 2 heterocycles. The molecular weight excluding hydrogens is 250 g/mol. The largest absolute Gasteiger partial charge is 0.480 e. The van der Waals surface area contributed by atoms with Gasteiger partial charge in [-0.3, -0.25) is 15.1 Å². The summed E-state index contributed by atoms with van der Waals surface area (Å²) in [5, 5.41) is 14.4. The first-order chi connectivity index (χ1) is 8.66.